The van der Waals surface area contributed by atoms with Gasteiger partial charge in [-0.05, 0) is 61.5 Å². The van der Waals surface area contributed by atoms with Gasteiger partial charge in [-0.2, -0.15) is 0 Å². The molecule has 8 heteroatoms. The summed E-state index contributed by atoms with van der Waals surface area (Å²) in [6.07, 6.45) is 1.19. The Hall–Kier alpha value is -2.16. The van der Waals surface area contributed by atoms with Crippen molar-refractivity contribution in [3.63, 3.8) is 0 Å². The summed E-state index contributed by atoms with van der Waals surface area (Å²) < 4.78 is 5.86. The van der Waals surface area contributed by atoms with E-state index in [9.17, 15) is 24.9 Å². The van der Waals surface area contributed by atoms with Crippen LogP contribution in [0, 0.1) is 22.7 Å². The number of anilines is 1. The predicted molar refractivity (Wildman–Crippen MR) is 127 cm³/mol. The molecule has 2 saturated carbocycles. The van der Waals surface area contributed by atoms with Gasteiger partial charge in [-0.3, -0.25) is 10.1 Å². The highest BCUT2D eigenvalue weighted by atomic mass is 16.6. The molecule has 3 fully saturated rings. The van der Waals surface area contributed by atoms with Crippen LogP contribution in [-0.4, -0.2) is 70.2 Å². The van der Waals surface area contributed by atoms with Crippen LogP contribution >= 0.6 is 0 Å². The minimum Gasteiger partial charge on any atom is -0.445 e. The van der Waals surface area contributed by atoms with Gasteiger partial charge in [0.1, 0.15) is 6.10 Å². The van der Waals surface area contributed by atoms with Gasteiger partial charge in [0.15, 0.2) is 0 Å². The maximum Gasteiger partial charge on any atom is 0.411 e. The van der Waals surface area contributed by atoms with E-state index in [1.54, 1.807) is 17.0 Å². The van der Waals surface area contributed by atoms with Crippen LogP contribution in [0.5, 0.6) is 0 Å². The first-order valence-corrected chi connectivity index (χ1v) is 12.4. The summed E-state index contributed by atoms with van der Waals surface area (Å²) in [5.41, 5.74) is -0.421. The lowest BCUT2D eigenvalue weighted by molar-refractivity contribution is -0.186. The van der Waals surface area contributed by atoms with E-state index in [1.165, 1.54) is 0 Å². The zero-order chi connectivity index (χ0) is 24.5. The summed E-state index contributed by atoms with van der Waals surface area (Å²) >= 11 is 0. The number of carbonyl (C=O) groups excluding carboxylic acids is 2. The van der Waals surface area contributed by atoms with E-state index >= 15 is 0 Å². The maximum absolute atomic E-state index is 13.0. The molecule has 0 bridgehead atoms. The SMILES string of the molecule is CC1(CO)C(OC(=O)Nc2ccccc2)CCC2(C)C(CC(=O)N3CCC(O)C3)C(O)CCC12. The number of nitrogens with one attached hydrogen (secondary N) is 1. The normalized spacial score (nSPS) is 37.7. The lowest BCUT2D eigenvalue weighted by Gasteiger charge is -2.60. The van der Waals surface area contributed by atoms with E-state index in [0.29, 0.717) is 50.9 Å². The van der Waals surface area contributed by atoms with Crippen molar-refractivity contribution >= 4 is 17.7 Å². The highest BCUT2D eigenvalue weighted by Gasteiger charge is 2.60. The number of ether oxygens (including phenoxy) is 1. The summed E-state index contributed by atoms with van der Waals surface area (Å²) in [5, 5.41) is 34.1. The van der Waals surface area contributed by atoms with Crippen molar-refractivity contribution < 1.29 is 29.6 Å². The molecule has 1 heterocycles. The van der Waals surface area contributed by atoms with Crippen molar-refractivity contribution in [2.24, 2.45) is 22.7 Å². The average Bonchev–Trinajstić information content (AvgIpc) is 3.25. The Kier molecular flexibility index (Phi) is 7.22. The summed E-state index contributed by atoms with van der Waals surface area (Å²) in [5.74, 6) is -0.297. The van der Waals surface area contributed by atoms with Crippen molar-refractivity contribution in [3.05, 3.63) is 30.3 Å². The summed E-state index contributed by atoms with van der Waals surface area (Å²) in [6, 6.07) is 9.10. The fourth-order valence-corrected chi connectivity index (χ4v) is 6.86. The number of aliphatic hydroxyl groups excluding tert-OH is 3. The Morgan fingerprint density at radius 3 is 2.50 bits per heavy atom. The van der Waals surface area contributed by atoms with Crippen LogP contribution in [0.15, 0.2) is 30.3 Å². The standard InChI is InChI=1S/C26H38N2O6/c1-25-12-10-22(34-24(33)27-17-6-4-3-5-7-17)26(2,16-29)21(25)9-8-20(31)19(25)14-23(32)28-13-11-18(30)15-28/h3-7,18-22,29-31H,8-16H2,1-2H3,(H,27,33). The molecule has 34 heavy (non-hydrogen) atoms. The lowest BCUT2D eigenvalue weighted by Crippen LogP contribution is -2.61. The van der Waals surface area contributed by atoms with E-state index < -0.39 is 29.8 Å². The lowest BCUT2D eigenvalue weighted by atomic mass is 9.46. The van der Waals surface area contributed by atoms with Crippen molar-refractivity contribution in [2.45, 2.75) is 70.7 Å². The number of fused-ring (bicyclic) bond motifs is 1. The fourth-order valence-electron chi connectivity index (χ4n) is 6.86. The van der Waals surface area contributed by atoms with Gasteiger partial charge in [0.2, 0.25) is 5.91 Å². The summed E-state index contributed by atoms with van der Waals surface area (Å²) in [6.45, 7) is 4.83. The molecule has 3 aliphatic rings. The predicted octanol–water partition coefficient (Wildman–Crippen LogP) is 2.77. The number of β-amino-alcohol motifs (C(OH)–C–C–N with tert-alkyl or cyclic N) is 1. The second kappa shape index (κ2) is 9.84. The molecule has 0 aromatic heterocycles. The Balaban J connectivity index is 1.49. The monoisotopic (exact) mass is 474 g/mol. The largest absolute Gasteiger partial charge is 0.445 e. The first-order chi connectivity index (χ1) is 16.2. The molecule has 1 saturated heterocycles. The van der Waals surface area contributed by atoms with Gasteiger partial charge in [0, 0.05) is 30.6 Å². The molecule has 8 nitrogen and oxygen atoms in total. The Morgan fingerprint density at radius 1 is 1.12 bits per heavy atom. The van der Waals surface area contributed by atoms with E-state index in [1.807, 2.05) is 25.1 Å². The number of carbonyl (C=O) groups is 2. The van der Waals surface area contributed by atoms with Gasteiger partial charge < -0.3 is 25.0 Å². The van der Waals surface area contributed by atoms with E-state index in [0.717, 1.165) is 0 Å². The molecule has 1 aliphatic heterocycles. The van der Waals surface area contributed by atoms with Crippen LogP contribution in [0.4, 0.5) is 10.5 Å². The van der Waals surface area contributed by atoms with E-state index in [4.69, 9.17) is 4.74 Å². The van der Waals surface area contributed by atoms with Gasteiger partial charge >= 0.3 is 6.09 Å². The molecular weight excluding hydrogens is 436 g/mol. The zero-order valence-electron chi connectivity index (χ0n) is 20.2. The topological polar surface area (TPSA) is 119 Å². The molecule has 0 spiro atoms. The highest BCUT2D eigenvalue weighted by molar-refractivity contribution is 5.84. The quantitative estimate of drug-likeness (QED) is 0.521. The molecule has 7 unspecified atom stereocenters. The molecule has 0 radical (unpaired) electrons. The number of hydrogen-bond acceptors (Lipinski definition) is 6. The number of para-hydroxylation sites is 1. The van der Waals surface area contributed by atoms with E-state index in [-0.39, 0.29) is 36.2 Å². The van der Waals surface area contributed by atoms with Gasteiger partial charge in [0.25, 0.3) is 0 Å². The van der Waals surface area contributed by atoms with Gasteiger partial charge in [-0.1, -0.05) is 32.0 Å². The Bertz CT molecular complexity index is 881. The molecule has 4 N–H and O–H groups in total. The van der Waals surface area contributed by atoms with E-state index in [2.05, 4.69) is 12.2 Å². The highest BCUT2D eigenvalue weighted by Crippen LogP contribution is 2.61. The average molecular weight is 475 g/mol. The zero-order valence-corrected chi connectivity index (χ0v) is 20.2. The van der Waals surface area contributed by atoms with Crippen molar-refractivity contribution in [2.75, 3.05) is 25.0 Å². The smallest absolute Gasteiger partial charge is 0.411 e. The number of rotatable bonds is 5. The first-order valence-electron chi connectivity index (χ1n) is 12.4. The maximum atomic E-state index is 13.0. The van der Waals surface area contributed by atoms with Crippen LogP contribution in [-0.2, 0) is 9.53 Å². The van der Waals surface area contributed by atoms with Gasteiger partial charge in [0.05, 0.1) is 18.8 Å². The molecule has 4 rings (SSSR count). The minimum atomic E-state index is -0.688. The van der Waals surface area contributed by atoms with Crippen molar-refractivity contribution in [1.29, 1.82) is 0 Å². The summed E-state index contributed by atoms with van der Waals surface area (Å²) in [7, 11) is 0. The fraction of sp³-hybridized carbons (Fsp3) is 0.692. The van der Waals surface area contributed by atoms with Crippen LogP contribution in [0.25, 0.3) is 0 Å². The van der Waals surface area contributed by atoms with Crippen LogP contribution < -0.4 is 5.32 Å². The third kappa shape index (κ3) is 4.68. The second-order valence-electron chi connectivity index (χ2n) is 10.9. The van der Waals surface area contributed by atoms with Crippen LogP contribution in [0.3, 0.4) is 0 Å². The number of nitrogens with zero attached hydrogens (tertiary/aromatic N) is 1. The van der Waals surface area contributed by atoms with Gasteiger partial charge in [-0.15, -0.1) is 0 Å². The second-order valence-corrected chi connectivity index (χ2v) is 10.9. The molecule has 188 valence electrons. The number of hydrogen-bond donors (Lipinski definition) is 4. The Labute approximate surface area is 201 Å². The number of amides is 2. The molecule has 7 atom stereocenters. The molecule has 2 aliphatic carbocycles. The van der Waals surface area contributed by atoms with Crippen molar-refractivity contribution in [1.82, 2.24) is 4.90 Å². The van der Waals surface area contributed by atoms with Crippen LogP contribution in [0.2, 0.25) is 0 Å². The van der Waals surface area contributed by atoms with Gasteiger partial charge in [-0.25, -0.2) is 4.79 Å². The molecule has 1 aromatic rings. The molecule has 1 aromatic carbocycles. The third-order valence-corrected chi connectivity index (χ3v) is 8.86. The third-order valence-electron chi connectivity index (χ3n) is 8.86. The number of likely N-dealkylation sites (tertiary alicyclic amines) is 1. The first kappa shape index (κ1) is 24.9. The summed E-state index contributed by atoms with van der Waals surface area (Å²) in [4.78, 5) is 27.3. The number of aliphatic hydroxyl groups is 3. The minimum absolute atomic E-state index is 0.0151. The number of benzene rings is 1. The van der Waals surface area contributed by atoms with Crippen molar-refractivity contribution in [3.8, 4) is 0 Å². The molecule has 2 amide bonds. The Morgan fingerprint density at radius 2 is 1.85 bits per heavy atom. The molecular formula is C26H38N2O6. The van der Waals surface area contributed by atoms with Crippen LogP contribution in [0.1, 0.15) is 52.4 Å².